The number of halogens is 2. The van der Waals surface area contributed by atoms with Crippen LogP contribution in [0.4, 0.5) is 5.69 Å². The van der Waals surface area contributed by atoms with E-state index in [-0.39, 0.29) is 0 Å². The van der Waals surface area contributed by atoms with Crippen molar-refractivity contribution in [3.8, 4) is 5.75 Å². The monoisotopic (exact) mass is 329 g/mol. The van der Waals surface area contributed by atoms with Gasteiger partial charge in [0.15, 0.2) is 5.75 Å². The average Bonchev–Trinajstić information content (AvgIpc) is 2.54. The molecule has 0 aliphatic carbocycles. The summed E-state index contributed by atoms with van der Waals surface area (Å²) in [7, 11) is 1.83. The molecule has 0 aliphatic rings. The van der Waals surface area contributed by atoms with Crippen LogP contribution < -0.4 is 10.5 Å². The van der Waals surface area contributed by atoms with Crippen LogP contribution in [0.15, 0.2) is 22.7 Å². The Morgan fingerprint density at radius 3 is 2.78 bits per heavy atom. The summed E-state index contributed by atoms with van der Waals surface area (Å²) in [5.74, 6) is 0.618. The summed E-state index contributed by atoms with van der Waals surface area (Å²) in [5.41, 5.74) is 8.05. The molecule has 0 atom stereocenters. The maximum Gasteiger partial charge on any atom is 0.156 e. The Labute approximate surface area is 119 Å². The Hall–Kier alpha value is -1.20. The van der Waals surface area contributed by atoms with E-state index in [1.54, 1.807) is 10.7 Å². The number of nitrogens with two attached hydrogens (primary N) is 1. The lowest BCUT2D eigenvalue weighted by molar-refractivity contribution is 0.295. The van der Waals surface area contributed by atoms with Gasteiger partial charge >= 0.3 is 0 Å². The van der Waals surface area contributed by atoms with Gasteiger partial charge < -0.3 is 10.5 Å². The van der Waals surface area contributed by atoms with Crippen LogP contribution in [-0.4, -0.2) is 9.78 Å². The molecule has 18 heavy (non-hydrogen) atoms. The van der Waals surface area contributed by atoms with Gasteiger partial charge in [-0.3, -0.25) is 4.68 Å². The number of hydrogen-bond acceptors (Lipinski definition) is 3. The highest BCUT2D eigenvalue weighted by Crippen LogP contribution is 2.32. The number of rotatable bonds is 3. The predicted octanol–water partition coefficient (Wildman–Crippen LogP) is 3.31. The summed E-state index contributed by atoms with van der Waals surface area (Å²) < 4.78 is 8.24. The van der Waals surface area contributed by atoms with Crippen molar-refractivity contribution in [3.63, 3.8) is 0 Å². The lowest BCUT2D eigenvalue weighted by Crippen LogP contribution is -2.05. The van der Waals surface area contributed by atoms with Crippen molar-refractivity contribution in [1.82, 2.24) is 9.78 Å². The van der Waals surface area contributed by atoms with E-state index in [0.717, 1.165) is 15.9 Å². The number of hydrogen-bond donors (Lipinski definition) is 1. The van der Waals surface area contributed by atoms with E-state index >= 15 is 0 Å². The number of ether oxygens (including phenoxy) is 1. The van der Waals surface area contributed by atoms with Crippen molar-refractivity contribution in [3.05, 3.63) is 39.1 Å². The minimum atomic E-state index is 0.322. The van der Waals surface area contributed by atoms with Crippen LogP contribution in [0, 0.1) is 6.92 Å². The van der Waals surface area contributed by atoms with Gasteiger partial charge in [-0.15, -0.1) is 0 Å². The van der Waals surface area contributed by atoms with Crippen molar-refractivity contribution >= 4 is 33.2 Å². The first-order valence-corrected chi connectivity index (χ1v) is 6.52. The van der Waals surface area contributed by atoms with Gasteiger partial charge in [0.05, 0.1) is 26.6 Å². The molecule has 0 amide bonds. The Kier molecular flexibility index (Phi) is 3.82. The summed E-state index contributed by atoms with van der Waals surface area (Å²) in [5, 5.41) is 4.86. The summed E-state index contributed by atoms with van der Waals surface area (Å²) in [4.78, 5) is 0. The second-order valence-corrected chi connectivity index (χ2v) is 5.15. The molecule has 2 N–H and O–H groups in total. The van der Waals surface area contributed by atoms with Crippen molar-refractivity contribution in [2.75, 3.05) is 5.73 Å². The van der Waals surface area contributed by atoms with Gasteiger partial charge in [0, 0.05) is 7.05 Å². The van der Waals surface area contributed by atoms with E-state index in [2.05, 4.69) is 21.0 Å². The average molecular weight is 331 g/mol. The topological polar surface area (TPSA) is 53.1 Å². The van der Waals surface area contributed by atoms with Crippen LogP contribution in [0.2, 0.25) is 5.02 Å². The van der Waals surface area contributed by atoms with E-state index in [0.29, 0.717) is 23.1 Å². The number of nitrogens with zero attached hydrogens (tertiary/aromatic N) is 2. The Balaban J connectivity index is 2.22. The second kappa shape index (κ2) is 5.20. The molecule has 0 saturated heterocycles. The lowest BCUT2D eigenvalue weighted by Gasteiger charge is -2.11. The highest BCUT2D eigenvalue weighted by molar-refractivity contribution is 9.10. The van der Waals surface area contributed by atoms with E-state index in [9.17, 15) is 0 Å². The van der Waals surface area contributed by atoms with Crippen molar-refractivity contribution < 1.29 is 4.74 Å². The summed E-state index contributed by atoms with van der Waals surface area (Å²) in [6.45, 7) is 2.18. The Morgan fingerprint density at radius 1 is 1.50 bits per heavy atom. The number of anilines is 1. The Bertz CT molecular complexity index is 563. The molecule has 0 saturated carbocycles. The fourth-order valence-corrected chi connectivity index (χ4v) is 2.37. The molecule has 1 aromatic heterocycles. The molecule has 6 heteroatoms. The highest BCUT2D eigenvalue weighted by atomic mass is 79.9. The van der Waals surface area contributed by atoms with Gasteiger partial charge in [0.1, 0.15) is 6.61 Å². The first kappa shape index (κ1) is 13.2. The zero-order valence-electron chi connectivity index (χ0n) is 10.1. The van der Waals surface area contributed by atoms with Crippen LogP contribution in [0.1, 0.15) is 11.4 Å². The van der Waals surface area contributed by atoms with Gasteiger partial charge in [-0.25, -0.2) is 0 Å². The fourth-order valence-electron chi connectivity index (χ4n) is 1.66. The van der Waals surface area contributed by atoms with Crippen molar-refractivity contribution in [2.45, 2.75) is 13.5 Å². The van der Waals surface area contributed by atoms with Gasteiger partial charge in [-0.1, -0.05) is 17.7 Å². The number of aryl methyl sites for hydroxylation is 2. The number of para-hydroxylation sites is 1. The third-order valence-corrected chi connectivity index (χ3v) is 3.73. The molecular formula is C12H13BrClN3O. The van der Waals surface area contributed by atoms with Crippen LogP contribution in [0.3, 0.4) is 0 Å². The molecule has 0 radical (unpaired) electrons. The third-order valence-electron chi connectivity index (χ3n) is 2.61. The molecule has 4 nitrogen and oxygen atoms in total. The maximum atomic E-state index is 6.15. The first-order valence-electron chi connectivity index (χ1n) is 5.35. The second-order valence-electron chi connectivity index (χ2n) is 3.92. The lowest BCUT2D eigenvalue weighted by atomic mass is 10.3. The molecule has 2 rings (SSSR count). The van der Waals surface area contributed by atoms with Crippen LogP contribution >= 0.6 is 27.5 Å². The fraction of sp³-hybridized carbons (Fsp3) is 0.250. The molecule has 0 fully saturated rings. The summed E-state index contributed by atoms with van der Waals surface area (Å²) >= 11 is 9.56. The highest BCUT2D eigenvalue weighted by Gasteiger charge is 2.13. The van der Waals surface area contributed by atoms with E-state index < -0.39 is 0 Å². The maximum absolute atomic E-state index is 6.15. The minimum absolute atomic E-state index is 0.322. The standard InChI is InChI=1S/C12H13BrClN3O/c1-7-11(14)10(17(2)16-7)6-18-12-8(13)4-3-5-9(12)15/h3-5H,6,15H2,1-2H3. The molecule has 0 bridgehead atoms. The van der Waals surface area contributed by atoms with E-state index in [1.807, 2.05) is 26.1 Å². The molecule has 1 heterocycles. The smallest absolute Gasteiger partial charge is 0.156 e. The third kappa shape index (κ3) is 2.47. The largest absolute Gasteiger partial charge is 0.484 e. The number of aromatic nitrogens is 2. The number of benzene rings is 1. The van der Waals surface area contributed by atoms with Crippen molar-refractivity contribution in [2.24, 2.45) is 7.05 Å². The van der Waals surface area contributed by atoms with Crippen LogP contribution in [0.5, 0.6) is 5.75 Å². The number of nitrogen functional groups attached to an aromatic ring is 1. The summed E-state index contributed by atoms with van der Waals surface area (Å²) in [6.07, 6.45) is 0. The van der Waals surface area contributed by atoms with Gasteiger partial charge in [-0.05, 0) is 35.0 Å². The van der Waals surface area contributed by atoms with E-state index in [1.165, 1.54) is 0 Å². The molecule has 0 aliphatic heterocycles. The minimum Gasteiger partial charge on any atom is -0.484 e. The predicted molar refractivity (Wildman–Crippen MR) is 75.8 cm³/mol. The quantitative estimate of drug-likeness (QED) is 0.879. The van der Waals surface area contributed by atoms with Gasteiger partial charge in [0.25, 0.3) is 0 Å². The van der Waals surface area contributed by atoms with E-state index in [4.69, 9.17) is 22.1 Å². The molecule has 2 aromatic rings. The van der Waals surface area contributed by atoms with Crippen LogP contribution in [0.25, 0.3) is 0 Å². The van der Waals surface area contributed by atoms with Gasteiger partial charge in [-0.2, -0.15) is 5.10 Å². The Morgan fingerprint density at radius 2 is 2.22 bits per heavy atom. The molecular weight excluding hydrogens is 318 g/mol. The normalized spacial score (nSPS) is 10.7. The SMILES string of the molecule is Cc1nn(C)c(COc2c(N)cccc2Br)c1Cl. The zero-order valence-corrected chi connectivity index (χ0v) is 12.4. The molecule has 1 aromatic carbocycles. The molecule has 96 valence electrons. The summed E-state index contributed by atoms with van der Waals surface area (Å²) in [6, 6.07) is 5.52. The molecule has 0 unspecified atom stereocenters. The zero-order chi connectivity index (χ0) is 13.3. The molecule has 0 spiro atoms. The van der Waals surface area contributed by atoms with Crippen molar-refractivity contribution in [1.29, 1.82) is 0 Å². The van der Waals surface area contributed by atoms with Crippen LogP contribution in [-0.2, 0) is 13.7 Å². The van der Waals surface area contributed by atoms with Gasteiger partial charge in [0.2, 0.25) is 0 Å². The first-order chi connectivity index (χ1) is 8.50.